The van der Waals surface area contributed by atoms with E-state index in [1.807, 2.05) is 32.8 Å². The molecular formula is C16H24ClN5O2. The van der Waals surface area contributed by atoms with Crippen LogP contribution in [-0.4, -0.2) is 54.3 Å². The number of ether oxygens (including phenoxy) is 1. The van der Waals surface area contributed by atoms with Crippen LogP contribution in [0, 0.1) is 5.41 Å². The van der Waals surface area contributed by atoms with Gasteiger partial charge >= 0.3 is 0 Å². The van der Waals surface area contributed by atoms with E-state index in [0.29, 0.717) is 11.6 Å². The predicted octanol–water partition coefficient (Wildman–Crippen LogP) is 2.06. The molecule has 1 aromatic rings. The van der Waals surface area contributed by atoms with Gasteiger partial charge in [0, 0.05) is 19.7 Å². The van der Waals surface area contributed by atoms with Gasteiger partial charge in [0.1, 0.15) is 28.0 Å². The van der Waals surface area contributed by atoms with Crippen LogP contribution in [0.5, 0.6) is 5.75 Å². The van der Waals surface area contributed by atoms with Crippen molar-refractivity contribution in [2.75, 3.05) is 33.0 Å². The van der Waals surface area contributed by atoms with E-state index < -0.39 is 5.91 Å². The van der Waals surface area contributed by atoms with E-state index in [9.17, 15) is 4.79 Å². The van der Waals surface area contributed by atoms with Crippen LogP contribution in [0.25, 0.3) is 0 Å². The summed E-state index contributed by atoms with van der Waals surface area (Å²) in [4.78, 5) is 18.0. The summed E-state index contributed by atoms with van der Waals surface area (Å²) in [7, 11) is 5.46. The van der Waals surface area contributed by atoms with E-state index in [2.05, 4.69) is 15.6 Å². The number of hydrogen-bond acceptors (Lipinski definition) is 6. The monoisotopic (exact) mass is 353 g/mol. The van der Waals surface area contributed by atoms with Crippen molar-refractivity contribution in [3.05, 3.63) is 30.1 Å². The van der Waals surface area contributed by atoms with Crippen LogP contribution >= 0.6 is 11.6 Å². The van der Waals surface area contributed by atoms with Gasteiger partial charge in [0.25, 0.3) is 5.91 Å². The molecule has 1 rings (SSSR count). The van der Waals surface area contributed by atoms with Crippen LogP contribution in [0.4, 0.5) is 5.82 Å². The zero-order valence-corrected chi connectivity index (χ0v) is 15.4. The van der Waals surface area contributed by atoms with Gasteiger partial charge in [-0.2, -0.15) is 0 Å². The maximum atomic E-state index is 11.8. The van der Waals surface area contributed by atoms with Crippen molar-refractivity contribution >= 4 is 28.5 Å². The maximum Gasteiger partial charge on any atom is 0.267 e. The number of likely N-dealkylation sites (N-methyl/N-ethyl adjacent to an activating group) is 2. The number of carbonyl (C=O) groups excluding carboxylic acids is 1. The third-order valence-electron chi connectivity index (χ3n) is 2.83. The highest BCUT2D eigenvalue weighted by Crippen LogP contribution is 2.20. The van der Waals surface area contributed by atoms with Gasteiger partial charge in [-0.1, -0.05) is 11.6 Å². The molecule has 8 heteroatoms. The zero-order chi connectivity index (χ0) is 18.3. The van der Waals surface area contributed by atoms with Crippen LogP contribution in [0.2, 0.25) is 0 Å². The van der Waals surface area contributed by atoms with Crippen LogP contribution in [0.15, 0.2) is 30.1 Å². The number of allylic oxidation sites excluding steroid dienone is 1. The molecule has 0 atom stereocenters. The van der Waals surface area contributed by atoms with Crippen molar-refractivity contribution in [3.63, 3.8) is 0 Å². The van der Waals surface area contributed by atoms with Gasteiger partial charge in [0.15, 0.2) is 0 Å². The third-order valence-corrected chi connectivity index (χ3v) is 2.94. The number of aromatic nitrogens is 1. The Labute approximate surface area is 147 Å². The fourth-order valence-electron chi connectivity index (χ4n) is 2.19. The Bertz CT molecular complexity index is 611. The van der Waals surface area contributed by atoms with Gasteiger partial charge in [-0.15, -0.1) is 0 Å². The van der Waals surface area contributed by atoms with E-state index in [1.54, 1.807) is 18.3 Å². The lowest BCUT2D eigenvalue weighted by molar-refractivity contribution is -0.116. The highest BCUT2D eigenvalue weighted by atomic mass is 35.5. The SMILES string of the molecule is CNC(=O)/C(=C\C(=N)Cl)Nc1ccc(OC(C)(C)CN(C)C)cn1. The smallest absolute Gasteiger partial charge is 0.267 e. The quantitative estimate of drug-likeness (QED) is 0.491. The fourth-order valence-corrected chi connectivity index (χ4v) is 2.29. The highest BCUT2D eigenvalue weighted by Gasteiger charge is 2.21. The Morgan fingerprint density at radius 1 is 1.46 bits per heavy atom. The first-order chi connectivity index (χ1) is 11.1. The first kappa shape index (κ1) is 19.9. The number of pyridine rings is 1. The molecule has 0 fully saturated rings. The van der Waals surface area contributed by atoms with Gasteiger partial charge in [0.05, 0.1) is 6.20 Å². The van der Waals surface area contributed by atoms with Gasteiger partial charge < -0.3 is 20.3 Å². The van der Waals surface area contributed by atoms with Gasteiger partial charge in [-0.25, -0.2) is 4.98 Å². The Kier molecular flexibility index (Phi) is 7.18. The highest BCUT2D eigenvalue weighted by molar-refractivity contribution is 6.67. The van der Waals surface area contributed by atoms with E-state index in [-0.39, 0.29) is 16.5 Å². The molecule has 3 N–H and O–H groups in total. The van der Waals surface area contributed by atoms with Crippen molar-refractivity contribution in [1.29, 1.82) is 5.41 Å². The van der Waals surface area contributed by atoms with E-state index in [1.165, 1.54) is 13.1 Å². The molecule has 0 saturated carbocycles. The summed E-state index contributed by atoms with van der Waals surface area (Å²) in [5.41, 5.74) is -0.229. The van der Waals surface area contributed by atoms with Crippen LogP contribution in [0.1, 0.15) is 13.8 Å². The minimum Gasteiger partial charge on any atom is -0.485 e. The van der Waals surface area contributed by atoms with Crippen molar-refractivity contribution in [1.82, 2.24) is 15.2 Å². The lowest BCUT2D eigenvalue weighted by Gasteiger charge is -2.29. The molecule has 1 amide bonds. The molecule has 0 bridgehead atoms. The zero-order valence-electron chi connectivity index (χ0n) is 14.6. The first-order valence-electron chi connectivity index (χ1n) is 7.37. The Hall–Kier alpha value is -2.12. The maximum absolute atomic E-state index is 11.8. The largest absolute Gasteiger partial charge is 0.485 e. The van der Waals surface area contributed by atoms with E-state index >= 15 is 0 Å². The Balaban J connectivity index is 2.83. The number of nitrogens with one attached hydrogen (secondary N) is 3. The van der Waals surface area contributed by atoms with Crippen LogP contribution in [0.3, 0.4) is 0 Å². The number of nitrogens with zero attached hydrogens (tertiary/aromatic N) is 2. The van der Waals surface area contributed by atoms with E-state index in [0.717, 1.165) is 6.54 Å². The van der Waals surface area contributed by atoms with Crippen LogP contribution in [-0.2, 0) is 4.79 Å². The molecule has 132 valence electrons. The summed E-state index contributed by atoms with van der Waals surface area (Å²) in [6.07, 6.45) is 2.79. The fraction of sp³-hybridized carbons (Fsp3) is 0.438. The molecular weight excluding hydrogens is 330 g/mol. The van der Waals surface area contributed by atoms with Gasteiger partial charge in [-0.3, -0.25) is 10.2 Å². The average Bonchev–Trinajstić information content (AvgIpc) is 2.45. The molecule has 1 heterocycles. The second-order valence-electron chi connectivity index (χ2n) is 6.09. The summed E-state index contributed by atoms with van der Waals surface area (Å²) in [6.45, 7) is 4.75. The molecule has 0 unspecified atom stereocenters. The van der Waals surface area contributed by atoms with Crippen molar-refractivity contribution in [2.45, 2.75) is 19.4 Å². The molecule has 0 radical (unpaired) electrons. The normalized spacial score (nSPS) is 12.0. The number of hydrogen-bond donors (Lipinski definition) is 3. The number of amides is 1. The lowest BCUT2D eigenvalue weighted by atomic mass is 10.1. The second-order valence-corrected chi connectivity index (χ2v) is 6.50. The van der Waals surface area contributed by atoms with Crippen molar-refractivity contribution < 1.29 is 9.53 Å². The number of halogens is 1. The molecule has 7 nitrogen and oxygen atoms in total. The molecule has 0 aromatic carbocycles. The molecule has 0 aliphatic rings. The minimum atomic E-state index is -0.394. The predicted molar refractivity (Wildman–Crippen MR) is 96.9 cm³/mol. The van der Waals surface area contributed by atoms with Crippen LogP contribution < -0.4 is 15.4 Å². The Morgan fingerprint density at radius 3 is 2.58 bits per heavy atom. The van der Waals surface area contributed by atoms with Crippen molar-refractivity contribution in [3.8, 4) is 5.75 Å². The summed E-state index contributed by atoms with van der Waals surface area (Å²) >= 11 is 5.52. The second kappa shape index (κ2) is 8.65. The van der Waals surface area contributed by atoms with Crippen molar-refractivity contribution in [2.24, 2.45) is 0 Å². The number of carbonyl (C=O) groups is 1. The molecule has 1 aromatic heterocycles. The number of rotatable bonds is 8. The third kappa shape index (κ3) is 6.97. The van der Waals surface area contributed by atoms with E-state index in [4.69, 9.17) is 21.7 Å². The minimum absolute atomic E-state index is 0.131. The first-order valence-corrected chi connectivity index (χ1v) is 7.75. The summed E-state index contributed by atoms with van der Waals surface area (Å²) in [5.74, 6) is 0.679. The molecule has 0 aliphatic heterocycles. The standard InChI is InChI=1S/C16H24ClN5O2/c1-16(2,10-22(4)5)24-11-6-7-14(20-9-11)21-12(8-13(17)18)15(23)19-3/h6-9,18H,10H2,1-5H3,(H,19,23)(H,20,21)/b12-8+,18-13?. The summed E-state index contributed by atoms with van der Waals surface area (Å²) in [5, 5.41) is 12.3. The summed E-state index contributed by atoms with van der Waals surface area (Å²) in [6, 6.07) is 3.45. The average molecular weight is 354 g/mol. The lowest BCUT2D eigenvalue weighted by Crippen LogP contribution is -2.39. The molecule has 24 heavy (non-hydrogen) atoms. The molecule has 0 saturated heterocycles. The molecule has 0 spiro atoms. The number of anilines is 1. The topological polar surface area (TPSA) is 90.3 Å². The summed E-state index contributed by atoms with van der Waals surface area (Å²) < 4.78 is 5.92. The molecule has 0 aliphatic carbocycles. The Morgan fingerprint density at radius 2 is 2.12 bits per heavy atom. The van der Waals surface area contributed by atoms with Gasteiger partial charge in [-0.05, 0) is 40.1 Å². The van der Waals surface area contributed by atoms with Gasteiger partial charge in [0.2, 0.25) is 0 Å².